The summed E-state index contributed by atoms with van der Waals surface area (Å²) < 4.78 is 26.1. The standard InChI is InChI=1S/C14H22F2N4O3.ClH/c1-19-12(23)20(7-10(21)18-9-14(15,16)8-17)11(22)13(19)5-3-2-4-6-13;/h2-9,17H2,1H3,(H,18,21);1H. The summed E-state index contributed by atoms with van der Waals surface area (Å²) in [6.45, 7) is -2.36. The summed E-state index contributed by atoms with van der Waals surface area (Å²) in [7, 11) is 1.55. The molecular formula is C14H23ClF2N4O3. The van der Waals surface area contributed by atoms with E-state index in [1.165, 1.54) is 4.90 Å². The number of rotatable bonds is 5. The van der Waals surface area contributed by atoms with Gasteiger partial charge in [-0.15, -0.1) is 12.4 Å². The molecule has 1 saturated carbocycles. The zero-order valence-corrected chi connectivity index (χ0v) is 14.3. The first-order valence-corrected chi connectivity index (χ1v) is 7.68. The Bertz CT molecular complexity index is 512. The van der Waals surface area contributed by atoms with Crippen LogP contribution in [0.1, 0.15) is 32.1 Å². The van der Waals surface area contributed by atoms with E-state index in [4.69, 9.17) is 5.73 Å². The Balaban J connectivity index is 0.00000288. The summed E-state index contributed by atoms with van der Waals surface area (Å²) in [6, 6.07) is -0.558. The number of hydrogen-bond acceptors (Lipinski definition) is 4. The molecular weight excluding hydrogens is 346 g/mol. The quantitative estimate of drug-likeness (QED) is 0.699. The number of urea groups is 1. The highest BCUT2D eigenvalue weighted by Gasteiger charge is 2.55. The molecule has 0 atom stereocenters. The summed E-state index contributed by atoms with van der Waals surface area (Å²) in [5.41, 5.74) is 4.01. The van der Waals surface area contributed by atoms with E-state index in [0.717, 1.165) is 24.2 Å². The van der Waals surface area contributed by atoms with E-state index in [0.29, 0.717) is 12.8 Å². The van der Waals surface area contributed by atoms with Gasteiger partial charge < -0.3 is 16.0 Å². The second-order valence-corrected chi connectivity index (χ2v) is 6.16. The number of imide groups is 1. The summed E-state index contributed by atoms with van der Waals surface area (Å²) >= 11 is 0. The molecule has 1 heterocycles. The first-order chi connectivity index (χ1) is 10.7. The number of alkyl halides is 2. The average Bonchev–Trinajstić information content (AvgIpc) is 2.70. The smallest absolute Gasteiger partial charge is 0.327 e. The number of carbonyl (C=O) groups excluding carboxylic acids is 3. The molecule has 2 rings (SSSR count). The molecule has 1 spiro atoms. The Morgan fingerprint density at radius 1 is 1.29 bits per heavy atom. The van der Waals surface area contributed by atoms with Crippen LogP contribution in [0.4, 0.5) is 13.6 Å². The lowest BCUT2D eigenvalue weighted by Crippen LogP contribution is -2.50. The number of likely N-dealkylation sites (N-methyl/N-ethyl adjacent to an activating group) is 1. The summed E-state index contributed by atoms with van der Waals surface area (Å²) in [4.78, 5) is 38.9. The van der Waals surface area contributed by atoms with Crippen LogP contribution in [0.5, 0.6) is 0 Å². The van der Waals surface area contributed by atoms with Gasteiger partial charge in [-0.25, -0.2) is 13.6 Å². The van der Waals surface area contributed by atoms with Gasteiger partial charge in [0.1, 0.15) is 12.1 Å². The van der Waals surface area contributed by atoms with Crippen molar-refractivity contribution < 1.29 is 23.2 Å². The van der Waals surface area contributed by atoms with Crippen molar-refractivity contribution in [2.24, 2.45) is 5.73 Å². The monoisotopic (exact) mass is 368 g/mol. The fourth-order valence-electron chi connectivity index (χ4n) is 3.17. The van der Waals surface area contributed by atoms with Crippen LogP contribution in [0.3, 0.4) is 0 Å². The Morgan fingerprint density at radius 3 is 2.42 bits per heavy atom. The van der Waals surface area contributed by atoms with Gasteiger partial charge in [0.15, 0.2) is 0 Å². The van der Waals surface area contributed by atoms with E-state index >= 15 is 0 Å². The molecule has 1 aliphatic heterocycles. The van der Waals surface area contributed by atoms with Gasteiger partial charge in [-0.3, -0.25) is 14.5 Å². The van der Waals surface area contributed by atoms with Gasteiger partial charge in [0.25, 0.3) is 11.8 Å². The summed E-state index contributed by atoms with van der Waals surface area (Å²) in [5.74, 6) is -4.43. The van der Waals surface area contributed by atoms with E-state index < -0.39 is 48.9 Å². The third-order valence-electron chi connectivity index (χ3n) is 4.63. The molecule has 24 heavy (non-hydrogen) atoms. The Morgan fingerprint density at radius 2 is 1.88 bits per heavy atom. The number of carbonyl (C=O) groups is 3. The van der Waals surface area contributed by atoms with Crippen molar-refractivity contribution in [3.8, 4) is 0 Å². The van der Waals surface area contributed by atoms with Crippen LogP contribution in [0.25, 0.3) is 0 Å². The maximum Gasteiger partial charge on any atom is 0.327 e. The normalized spacial score (nSPS) is 20.3. The minimum absolute atomic E-state index is 0. The second kappa shape index (κ2) is 7.60. The van der Waals surface area contributed by atoms with Crippen LogP contribution < -0.4 is 11.1 Å². The zero-order valence-electron chi connectivity index (χ0n) is 13.5. The van der Waals surface area contributed by atoms with Gasteiger partial charge in [0, 0.05) is 7.05 Å². The van der Waals surface area contributed by atoms with Gasteiger partial charge >= 0.3 is 6.03 Å². The molecule has 0 aromatic heterocycles. The van der Waals surface area contributed by atoms with E-state index in [2.05, 4.69) is 0 Å². The summed E-state index contributed by atoms with van der Waals surface area (Å²) in [5, 5.41) is 2.01. The van der Waals surface area contributed by atoms with Crippen molar-refractivity contribution in [1.82, 2.24) is 15.1 Å². The van der Waals surface area contributed by atoms with E-state index in [1.54, 1.807) is 7.05 Å². The van der Waals surface area contributed by atoms with E-state index in [9.17, 15) is 23.2 Å². The number of amides is 4. The first-order valence-electron chi connectivity index (χ1n) is 7.68. The van der Waals surface area contributed by atoms with Crippen molar-refractivity contribution in [1.29, 1.82) is 0 Å². The largest absolute Gasteiger partial charge is 0.348 e. The predicted octanol–water partition coefficient (Wildman–Crippen LogP) is 0.715. The number of hydrogen-bond donors (Lipinski definition) is 2. The van der Waals surface area contributed by atoms with Crippen molar-refractivity contribution in [3.63, 3.8) is 0 Å². The van der Waals surface area contributed by atoms with Crippen LogP contribution >= 0.6 is 12.4 Å². The third kappa shape index (κ3) is 3.77. The van der Waals surface area contributed by atoms with Crippen molar-refractivity contribution in [2.75, 3.05) is 26.7 Å². The van der Waals surface area contributed by atoms with Crippen LogP contribution in [-0.4, -0.2) is 65.8 Å². The molecule has 7 nitrogen and oxygen atoms in total. The molecule has 3 N–H and O–H groups in total. The van der Waals surface area contributed by atoms with Gasteiger partial charge in [-0.2, -0.15) is 0 Å². The van der Waals surface area contributed by atoms with Crippen LogP contribution in [0, 0.1) is 0 Å². The van der Waals surface area contributed by atoms with E-state index in [1.807, 2.05) is 5.32 Å². The van der Waals surface area contributed by atoms with Crippen molar-refractivity contribution in [3.05, 3.63) is 0 Å². The van der Waals surface area contributed by atoms with Gasteiger partial charge in [0.2, 0.25) is 5.91 Å². The van der Waals surface area contributed by atoms with Crippen molar-refractivity contribution >= 4 is 30.3 Å². The Kier molecular flexibility index (Phi) is 6.52. The molecule has 138 valence electrons. The molecule has 2 aliphatic rings. The Hall–Kier alpha value is -1.48. The number of halogens is 3. The highest BCUT2D eigenvalue weighted by atomic mass is 35.5. The maximum absolute atomic E-state index is 13.0. The topological polar surface area (TPSA) is 95.7 Å². The Labute approximate surface area is 145 Å². The minimum atomic E-state index is -3.21. The molecule has 4 amide bonds. The van der Waals surface area contributed by atoms with Crippen LogP contribution in [0.2, 0.25) is 0 Å². The molecule has 10 heteroatoms. The molecule has 0 aromatic rings. The first kappa shape index (κ1) is 20.6. The minimum Gasteiger partial charge on any atom is -0.348 e. The lowest BCUT2D eigenvalue weighted by molar-refractivity contribution is -0.137. The van der Waals surface area contributed by atoms with Crippen LogP contribution in [0.15, 0.2) is 0 Å². The third-order valence-corrected chi connectivity index (χ3v) is 4.63. The van der Waals surface area contributed by atoms with Gasteiger partial charge in [-0.1, -0.05) is 19.3 Å². The summed E-state index contributed by atoms with van der Waals surface area (Å²) in [6.07, 6.45) is 3.82. The second-order valence-electron chi connectivity index (χ2n) is 6.16. The molecule has 0 unspecified atom stereocenters. The predicted molar refractivity (Wildman–Crippen MR) is 84.9 cm³/mol. The molecule has 0 aromatic carbocycles. The molecule has 1 aliphatic carbocycles. The lowest BCUT2D eigenvalue weighted by Gasteiger charge is -2.35. The van der Waals surface area contributed by atoms with Gasteiger partial charge in [-0.05, 0) is 12.8 Å². The lowest BCUT2D eigenvalue weighted by atomic mass is 9.81. The zero-order chi connectivity index (χ0) is 17.3. The van der Waals surface area contributed by atoms with E-state index in [-0.39, 0.29) is 12.4 Å². The molecule has 0 radical (unpaired) electrons. The molecule has 0 bridgehead atoms. The highest BCUT2D eigenvalue weighted by Crippen LogP contribution is 2.39. The fourth-order valence-corrected chi connectivity index (χ4v) is 3.17. The molecule has 2 fully saturated rings. The van der Waals surface area contributed by atoms with Crippen LogP contribution in [-0.2, 0) is 9.59 Å². The van der Waals surface area contributed by atoms with Crippen molar-refractivity contribution in [2.45, 2.75) is 43.6 Å². The number of nitrogens with two attached hydrogens (primary N) is 1. The van der Waals surface area contributed by atoms with Gasteiger partial charge in [0.05, 0.1) is 13.1 Å². The number of nitrogens with zero attached hydrogens (tertiary/aromatic N) is 2. The SMILES string of the molecule is CN1C(=O)N(CC(=O)NCC(F)(F)CN)C(=O)C12CCCCC2.Cl. The fraction of sp³-hybridized carbons (Fsp3) is 0.786. The molecule has 1 saturated heterocycles. The average molecular weight is 369 g/mol. The number of nitrogens with one attached hydrogen (secondary N) is 1. The highest BCUT2D eigenvalue weighted by molar-refractivity contribution is 6.08. The maximum atomic E-state index is 13.0.